The average Bonchev–Trinajstić information content (AvgIpc) is 2.62. The Morgan fingerprint density at radius 1 is 0.750 bits per heavy atom. The third-order valence-electron chi connectivity index (χ3n) is 3.95. The fraction of sp³-hybridized carbons (Fsp3) is 0.400. The van der Waals surface area contributed by atoms with Crippen LogP contribution in [0, 0.1) is 0 Å². The van der Waals surface area contributed by atoms with Crippen LogP contribution in [0.4, 0.5) is 0 Å². The second-order valence-electron chi connectivity index (χ2n) is 5.90. The van der Waals surface area contributed by atoms with Crippen molar-refractivity contribution in [3.63, 3.8) is 0 Å². The van der Waals surface area contributed by atoms with Gasteiger partial charge in [-0.05, 0) is 48.6 Å². The number of rotatable bonds is 10. The summed E-state index contributed by atoms with van der Waals surface area (Å²) in [7, 11) is -3.40. The molecule has 2 rings (SSSR count). The highest BCUT2D eigenvalue weighted by Gasteiger charge is 2.16. The van der Waals surface area contributed by atoms with Gasteiger partial charge in [0, 0.05) is 4.90 Å². The first-order valence-electron chi connectivity index (χ1n) is 8.67. The lowest BCUT2D eigenvalue weighted by Crippen LogP contribution is -2.01. The molecular weight excluding hydrogens is 336 g/mol. The maximum absolute atomic E-state index is 12.5. The smallest absolute Gasteiger partial charge is 0.206 e. The van der Waals surface area contributed by atoms with Gasteiger partial charge >= 0.3 is 0 Å². The van der Waals surface area contributed by atoms with Crippen LogP contribution in [0.5, 0.6) is 0 Å². The van der Waals surface area contributed by atoms with Gasteiger partial charge in [-0.1, -0.05) is 57.2 Å². The summed E-state index contributed by atoms with van der Waals surface area (Å²) < 4.78 is 25.0. The van der Waals surface area contributed by atoms with Crippen LogP contribution in [0.2, 0.25) is 0 Å². The van der Waals surface area contributed by atoms with E-state index in [1.54, 1.807) is 48.2 Å². The molecule has 0 aliphatic rings. The van der Waals surface area contributed by atoms with Crippen molar-refractivity contribution in [3.8, 4) is 0 Å². The van der Waals surface area contributed by atoms with Crippen LogP contribution in [0.3, 0.4) is 0 Å². The number of unbranched alkanes of at least 4 members (excludes halogenated alkanes) is 5. The van der Waals surface area contributed by atoms with Crippen molar-refractivity contribution < 1.29 is 8.42 Å². The lowest BCUT2D eigenvalue weighted by molar-refractivity contribution is 0.596. The molecule has 0 N–H and O–H groups in total. The van der Waals surface area contributed by atoms with E-state index in [1.165, 1.54) is 38.5 Å². The first-order valence-corrected chi connectivity index (χ1v) is 11.1. The molecule has 0 unspecified atom stereocenters. The average molecular weight is 363 g/mol. The Hall–Kier alpha value is -1.26. The topological polar surface area (TPSA) is 34.1 Å². The molecule has 0 spiro atoms. The molecule has 0 aliphatic carbocycles. The molecule has 0 saturated heterocycles. The zero-order valence-corrected chi connectivity index (χ0v) is 15.9. The molecular formula is C20H26O2S2. The Kier molecular flexibility index (Phi) is 7.86. The van der Waals surface area contributed by atoms with Gasteiger partial charge in [-0.3, -0.25) is 0 Å². The van der Waals surface area contributed by atoms with Crippen molar-refractivity contribution >= 4 is 21.6 Å². The van der Waals surface area contributed by atoms with Gasteiger partial charge in [0.25, 0.3) is 0 Å². The lowest BCUT2D eigenvalue weighted by atomic mass is 10.1. The zero-order valence-electron chi connectivity index (χ0n) is 14.3. The molecule has 0 fully saturated rings. The summed E-state index contributed by atoms with van der Waals surface area (Å²) in [5.41, 5.74) is 0. The Balaban J connectivity index is 1.85. The SMILES string of the molecule is CCCCCCCCSc1ccc(S(=O)(=O)c2ccccc2)cc1. The molecule has 0 heterocycles. The van der Waals surface area contributed by atoms with Crippen LogP contribution in [-0.4, -0.2) is 14.2 Å². The standard InChI is InChI=1S/C20H26O2S2/c1-2-3-4-5-6-10-17-23-18-13-15-20(16-14-18)24(21,22)19-11-8-7-9-12-19/h7-9,11-16H,2-6,10,17H2,1H3. The molecule has 0 saturated carbocycles. The first kappa shape index (κ1) is 19.1. The van der Waals surface area contributed by atoms with E-state index in [2.05, 4.69) is 6.92 Å². The summed E-state index contributed by atoms with van der Waals surface area (Å²) in [5.74, 6) is 1.09. The third kappa shape index (κ3) is 5.67. The van der Waals surface area contributed by atoms with Crippen molar-refractivity contribution in [2.45, 2.75) is 60.1 Å². The number of hydrogen-bond acceptors (Lipinski definition) is 3. The number of thioether (sulfide) groups is 1. The number of benzene rings is 2. The highest BCUT2D eigenvalue weighted by molar-refractivity contribution is 7.99. The van der Waals surface area contributed by atoms with Gasteiger partial charge in [0.15, 0.2) is 0 Å². The maximum atomic E-state index is 12.5. The van der Waals surface area contributed by atoms with Gasteiger partial charge in [-0.25, -0.2) is 8.42 Å². The van der Waals surface area contributed by atoms with Crippen molar-refractivity contribution in [1.82, 2.24) is 0 Å². The molecule has 130 valence electrons. The summed E-state index contributed by atoms with van der Waals surface area (Å²) >= 11 is 1.80. The first-order chi connectivity index (χ1) is 11.6. The summed E-state index contributed by atoms with van der Waals surface area (Å²) in [6.45, 7) is 2.23. The largest absolute Gasteiger partial charge is 0.219 e. The molecule has 4 heteroatoms. The summed E-state index contributed by atoms with van der Waals surface area (Å²) in [5, 5.41) is 0. The molecule has 0 atom stereocenters. The minimum absolute atomic E-state index is 0.345. The Morgan fingerprint density at radius 3 is 2.00 bits per heavy atom. The van der Waals surface area contributed by atoms with Crippen LogP contribution in [-0.2, 0) is 9.84 Å². The summed E-state index contributed by atoms with van der Waals surface area (Å²) in [6, 6.07) is 15.8. The monoisotopic (exact) mass is 362 g/mol. The van der Waals surface area contributed by atoms with Crippen LogP contribution >= 0.6 is 11.8 Å². The number of hydrogen-bond donors (Lipinski definition) is 0. The third-order valence-corrected chi connectivity index (χ3v) is 6.84. The van der Waals surface area contributed by atoms with Crippen molar-refractivity contribution in [1.29, 1.82) is 0 Å². The lowest BCUT2D eigenvalue weighted by Gasteiger charge is -2.06. The highest BCUT2D eigenvalue weighted by atomic mass is 32.2. The van der Waals surface area contributed by atoms with E-state index in [0.29, 0.717) is 9.79 Å². The van der Waals surface area contributed by atoms with E-state index in [1.807, 2.05) is 18.2 Å². The van der Waals surface area contributed by atoms with Gasteiger partial charge in [0.2, 0.25) is 9.84 Å². The van der Waals surface area contributed by atoms with Gasteiger partial charge in [0.05, 0.1) is 9.79 Å². The van der Waals surface area contributed by atoms with Crippen LogP contribution in [0.1, 0.15) is 45.4 Å². The van der Waals surface area contributed by atoms with Gasteiger partial charge in [0.1, 0.15) is 0 Å². The fourth-order valence-electron chi connectivity index (χ4n) is 2.52. The highest BCUT2D eigenvalue weighted by Crippen LogP contribution is 2.25. The molecule has 24 heavy (non-hydrogen) atoms. The van der Waals surface area contributed by atoms with E-state index in [9.17, 15) is 8.42 Å². The molecule has 0 amide bonds. The van der Waals surface area contributed by atoms with Crippen LogP contribution in [0.25, 0.3) is 0 Å². The fourth-order valence-corrected chi connectivity index (χ4v) is 4.72. The van der Waals surface area contributed by atoms with Gasteiger partial charge in [-0.2, -0.15) is 0 Å². The van der Waals surface area contributed by atoms with E-state index in [0.717, 1.165) is 10.6 Å². The Morgan fingerprint density at radius 2 is 1.33 bits per heavy atom. The molecule has 0 aromatic heterocycles. The molecule has 0 bridgehead atoms. The predicted molar refractivity (Wildman–Crippen MR) is 102 cm³/mol. The van der Waals surface area contributed by atoms with E-state index < -0.39 is 9.84 Å². The minimum atomic E-state index is -3.40. The second-order valence-corrected chi connectivity index (χ2v) is 9.02. The summed E-state index contributed by atoms with van der Waals surface area (Å²) in [4.78, 5) is 1.84. The second kappa shape index (κ2) is 9.90. The normalized spacial score (nSPS) is 11.5. The van der Waals surface area contributed by atoms with Gasteiger partial charge < -0.3 is 0 Å². The molecule has 0 radical (unpaired) electrons. The van der Waals surface area contributed by atoms with E-state index >= 15 is 0 Å². The predicted octanol–water partition coefficient (Wildman–Crippen LogP) is 5.97. The van der Waals surface area contributed by atoms with Crippen LogP contribution in [0.15, 0.2) is 69.3 Å². The molecule has 2 nitrogen and oxygen atoms in total. The zero-order chi connectivity index (χ0) is 17.3. The van der Waals surface area contributed by atoms with Crippen molar-refractivity contribution in [2.24, 2.45) is 0 Å². The quantitative estimate of drug-likeness (QED) is 0.385. The Bertz CT molecular complexity index is 692. The van der Waals surface area contributed by atoms with E-state index in [4.69, 9.17) is 0 Å². The molecule has 2 aromatic carbocycles. The molecule has 2 aromatic rings. The molecule has 0 aliphatic heterocycles. The Labute approximate surface area is 150 Å². The number of sulfone groups is 1. The summed E-state index contributed by atoms with van der Waals surface area (Å²) in [6.07, 6.45) is 7.79. The minimum Gasteiger partial charge on any atom is -0.219 e. The van der Waals surface area contributed by atoms with Crippen molar-refractivity contribution in [2.75, 3.05) is 5.75 Å². The van der Waals surface area contributed by atoms with Gasteiger partial charge in [-0.15, -0.1) is 11.8 Å². The van der Waals surface area contributed by atoms with Crippen molar-refractivity contribution in [3.05, 3.63) is 54.6 Å². The van der Waals surface area contributed by atoms with Crippen LogP contribution < -0.4 is 0 Å². The van der Waals surface area contributed by atoms with E-state index in [-0.39, 0.29) is 0 Å². The maximum Gasteiger partial charge on any atom is 0.206 e.